The number of nitrogens with one attached hydrogen (secondary N) is 1. The molecule has 2 saturated carbocycles. The van der Waals surface area contributed by atoms with Crippen molar-refractivity contribution in [3.8, 4) is 0 Å². The van der Waals surface area contributed by atoms with Crippen LogP contribution in [0.1, 0.15) is 71.6 Å². The fourth-order valence-electron chi connectivity index (χ4n) is 4.92. The van der Waals surface area contributed by atoms with Crippen molar-refractivity contribution in [2.45, 2.75) is 77.7 Å². The third kappa shape index (κ3) is 3.10. The Morgan fingerprint density at radius 1 is 0.944 bits per heavy atom. The third-order valence-corrected chi connectivity index (χ3v) is 5.93. The number of hydrogen-bond donors (Lipinski definition) is 1. The van der Waals surface area contributed by atoms with Gasteiger partial charge in [-0.25, -0.2) is 0 Å². The van der Waals surface area contributed by atoms with Gasteiger partial charge < -0.3 is 5.32 Å². The van der Waals surface area contributed by atoms with Gasteiger partial charge in [0.15, 0.2) is 0 Å². The van der Waals surface area contributed by atoms with Crippen molar-refractivity contribution in [3.63, 3.8) is 0 Å². The Bertz CT molecular complexity index is 234. The van der Waals surface area contributed by atoms with Crippen molar-refractivity contribution >= 4 is 0 Å². The molecule has 0 saturated heterocycles. The molecule has 0 aromatic carbocycles. The van der Waals surface area contributed by atoms with Crippen LogP contribution in [0.25, 0.3) is 0 Å². The van der Waals surface area contributed by atoms with E-state index in [0.717, 1.165) is 29.7 Å². The first-order chi connectivity index (χ1) is 8.77. The lowest BCUT2D eigenvalue weighted by Crippen LogP contribution is -2.43. The zero-order valence-electron chi connectivity index (χ0n) is 12.8. The number of rotatable bonds is 4. The fraction of sp³-hybridized carbons (Fsp3) is 1.00. The molecule has 5 atom stereocenters. The quantitative estimate of drug-likeness (QED) is 0.769. The molecule has 1 nitrogen and oxygen atoms in total. The Morgan fingerprint density at radius 2 is 1.56 bits per heavy atom. The van der Waals surface area contributed by atoms with Crippen LogP contribution in [-0.4, -0.2) is 13.1 Å². The zero-order valence-corrected chi connectivity index (χ0v) is 12.8. The van der Waals surface area contributed by atoms with Crippen molar-refractivity contribution in [3.05, 3.63) is 0 Å². The predicted molar refractivity (Wildman–Crippen MR) is 79.7 cm³/mol. The summed E-state index contributed by atoms with van der Waals surface area (Å²) in [6.07, 6.45) is 13.2. The van der Waals surface area contributed by atoms with Crippen LogP contribution in [0.15, 0.2) is 0 Å². The average molecular weight is 251 g/mol. The van der Waals surface area contributed by atoms with Crippen LogP contribution in [-0.2, 0) is 0 Å². The Hall–Kier alpha value is -0.0400. The highest BCUT2D eigenvalue weighted by atomic mass is 14.9. The van der Waals surface area contributed by atoms with Crippen LogP contribution in [0.3, 0.4) is 0 Å². The monoisotopic (exact) mass is 251 g/mol. The summed E-state index contributed by atoms with van der Waals surface area (Å²) in [5.74, 6) is 4.00. The van der Waals surface area contributed by atoms with Gasteiger partial charge in [-0.1, -0.05) is 46.0 Å². The van der Waals surface area contributed by atoms with Crippen LogP contribution >= 0.6 is 0 Å². The van der Waals surface area contributed by atoms with Crippen molar-refractivity contribution in [2.24, 2.45) is 23.7 Å². The lowest BCUT2D eigenvalue weighted by Gasteiger charge is -2.45. The largest absolute Gasteiger partial charge is 0.317 e. The van der Waals surface area contributed by atoms with E-state index in [9.17, 15) is 0 Å². The molecule has 0 heterocycles. The maximum atomic E-state index is 3.61. The van der Waals surface area contributed by atoms with Gasteiger partial charge in [0.2, 0.25) is 0 Å². The Kier molecular flexibility index (Phi) is 5.54. The fourth-order valence-corrected chi connectivity index (χ4v) is 4.92. The summed E-state index contributed by atoms with van der Waals surface area (Å²) in [5, 5.41) is 3.61. The second-order valence-corrected chi connectivity index (χ2v) is 6.84. The summed E-state index contributed by atoms with van der Waals surface area (Å²) in [6.45, 7) is 4.88. The van der Waals surface area contributed by atoms with E-state index in [1.807, 2.05) is 0 Å². The van der Waals surface area contributed by atoms with Crippen LogP contribution < -0.4 is 5.32 Å². The SMILES string of the molecule is CCC(NC)C1CCCCC1C1CCCCC1C. The van der Waals surface area contributed by atoms with Crippen molar-refractivity contribution in [2.75, 3.05) is 7.05 Å². The van der Waals surface area contributed by atoms with E-state index in [-0.39, 0.29) is 0 Å². The van der Waals surface area contributed by atoms with E-state index >= 15 is 0 Å². The van der Waals surface area contributed by atoms with Gasteiger partial charge in [0.25, 0.3) is 0 Å². The second-order valence-electron chi connectivity index (χ2n) is 6.84. The second kappa shape index (κ2) is 6.93. The van der Waals surface area contributed by atoms with E-state index in [2.05, 4.69) is 26.2 Å². The highest BCUT2D eigenvalue weighted by molar-refractivity contribution is 4.90. The minimum Gasteiger partial charge on any atom is -0.317 e. The maximum absolute atomic E-state index is 3.61. The minimum absolute atomic E-state index is 0.768. The molecular weight excluding hydrogens is 218 g/mol. The summed E-state index contributed by atoms with van der Waals surface area (Å²) in [5.41, 5.74) is 0. The normalized spacial score (nSPS) is 39.5. The highest BCUT2D eigenvalue weighted by Gasteiger charge is 2.38. The van der Waals surface area contributed by atoms with Crippen LogP contribution in [0.4, 0.5) is 0 Å². The first-order valence-corrected chi connectivity index (χ1v) is 8.45. The molecule has 106 valence electrons. The van der Waals surface area contributed by atoms with E-state index in [4.69, 9.17) is 0 Å². The molecule has 0 spiro atoms. The standard InChI is InChI=1S/C17H33N/c1-4-17(18-3)16-12-8-7-11-15(16)14-10-6-5-9-13(14)2/h13-18H,4-12H2,1-3H3. The van der Waals surface area contributed by atoms with Crippen molar-refractivity contribution in [1.29, 1.82) is 0 Å². The van der Waals surface area contributed by atoms with E-state index in [1.165, 1.54) is 57.8 Å². The molecule has 0 aromatic heterocycles. The Labute approximate surface area is 114 Å². The maximum Gasteiger partial charge on any atom is 0.00924 e. The first kappa shape index (κ1) is 14.4. The molecule has 2 rings (SSSR count). The van der Waals surface area contributed by atoms with E-state index in [1.54, 1.807) is 0 Å². The summed E-state index contributed by atoms with van der Waals surface area (Å²) >= 11 is 0. The van der Waals surface area contributed by atoms with Gasteiger partial charge in [-0.05, 0) is 56.4 Å². The van der Waals surface area contributed by atoms with Crippen LogP contribution in [0.5, 0.6) is 0 Å². The molecule has 0 amide bonds. The van der Waals surface area contributed by atoms with Crippen LogP contribution in [0.2, 0.25) is 0 Å². The molecule has 1 heteroatoms. The van der Waals surface area contributed by atoms with Crippen molar-refractivity contribution in [1.82, 2.24) is 5.32 Å². The first-order valence-electron chi connectivity index (χ1n) is 8.45. The summed E-state index contributed by atoms with van der Waals surface area (Å²) in [4.78, 5) is 0. The van der Waals surface area contributed by atoms with Gasteiger partial charge >= 0.3 is 0 Å². The molecule has 1 N–H and O–H groups in total. The average Bonchev–Trinajstić information content (AvgIpc) is 2.41. The molecule has 0 radical (unpaired) electrons. The molecule has 0 bridgehead atoms. The van der Waals surface area contributed by atoms with Gasteiger partial charge in [0, 0.05) is 6.04 Å². The van der Waals surface area contributed by atoms with Gasteiger partial charge in [-0.3, -0.25) is 0 Å². The number of hydrogen-bond acceptors (Lipinski definition) is 1. The molecule has 0 aromatic rings. The highest BCUT2D eigenvalue weighted by Crippen LogP contribution is 2.45. The molecule has 18 heavy (non-hydrogen) atoms. The topological polar surface area (TPSA) is 12.0 Å². The molecule has 2 aliphatic rings. The van der Waals surface area contributed by atoms with Crippen LogP contribution in [0, 0.1) is 23.7 Å². The molecular formula is C17H33N. The Morgan fingerprint density at radius 3 is 2.17 bits per heavy atom. The van der Waals surface area contributed by atoms with Gasteiger partial charge in [0.05, 0.1) is 0 Å². The smallest absolute Gasteiger partial charge is 0.00924 e. The summed E-state index contributed by atoms with van der Waals surface area (Å²) < 4.78 is 0. The minimum atomic E-state index is 0.768. The summed E-state index contributed by atoms with van der Waals surface area (Å²) in [7, 11) is 2.17. The molecule has 2 fully saturated rings. The summed E-state index contributed by atoms with van der Waals surface area (Å²) in [6, 6.07) is 0.768. The lowest BCUT2D eigenvalue weighted by molar-refractivity contribution is 0.0682. The molecule has 0 aliphatic heterocycles. The van der Waals surface area contributed by atoms with Gasteiger partial charge in [0.1, 0.15) is 0 Å². The van der Waals surface area contributed by atoms with Gasteiger partial charge in [-0.15, -0.1) is 0 Å². The molecule has 2 aliphatic carbocycles. The third-order valence-electron chi connectivity index (χ3n) is 5.93. The lowest BCUT2D eigenvalue weighted by atomic mass is 9.62. The zero-order chi connectivity index (χ0) is 13.0. The van der Waals surface area contributed by atoms with E-state index in [0.29, 0.717) is 0 Å². The Balaban J connectivity index is 2.06. The molecule has 5 unspecified atom stereocenters. The van der Waals surface area contributed by atoms with E-state index < -0.39 is 0 Å². The van der Waals surface area contributed by atoms with Crippen molar-refractivity contribution < 1.29 is 0 Å². The van der Waals surface area contributed by atoms with Gasteiger partial charge in [-0.2, -0.15) is 0 Å². The predicted octanol–water partition coefficient (Wildman–Crippen LogP) is 4.62.